The first kappa shape index (κ1) is 14.6. The molecule has 3 aromatic rings. The van der Waals surface area contributed by atoms with E-state index in [4.69, 9.17) is 4.74 Å². The molecule has 0 spiro atoms. The molecular formula is C18H17BrOS. The van der Waals surface area contributed by atoms with Crippen LogP contribution in [-0.2, 0) is 12.8 Å². The lowest BCUT2D eigenvalue weighted by molar-refractivity contribution is 0.411. The smallest absolute Gasteiger partial charge is 0.133 e. The molecule has 0 fully saturated rings. The Morgan fingerprint density at radius 3 is 2.62 bits per heavy atom. The summed E-state index contributed by atoms with van der Waals surface area (Å²) in [5, 5.41) is 1.34. The van der Waals surface area contributed by atoms with Crippen LogP contribution in [0, 0.1) is 0 Å². The van der Waals surface area contributed by atoms with Gasteiger partial charge in [-0.1, -0.05) is 25.1 Å². The number of thiophene rings is 1. The van der Waals surface area contributed by atoms with Gasteiger partial charge >= 0.3 is 0 Å². The van der Waals surface area contributed by atoms with Gasteiger partial charge < -0.3 is 4.74 Å². The minimum Gasteiger partial charge on any atom is -0.496 e. The highest BCUT2D eigenvalue weighted by molar-refractivity contribution is 9.10. The van der Waals surface area contributed by atoms with E-state index in [0.29, 0.717) is 0 Å². The van der Waals surface area contributed by atoms with Gasteiger partial charge in [-0.3, -0.25) is 0 Å². The molecule has 0 radical (unpaired) electrons. The van der Waals surface area contributed by atoms with E-state index < -0.39 is 0 Å². The summed E-state index contributed by atoms with van der Waals surface area (Å²) in [6.45, 7) is 2.19. The van der Waals surface area contributed by atoms with Gasteiger partial charge in [-0.05, 0) is 63.1 Å². The molecule has 0 aliphatic heterocycles. The Hall–Kier alpha value is -1.32. The Bertz CT molecular complexity index is 743. The third-order valence-corrected chi connectivity index (χ3v) is 5.43. The van der Waals surface area contributed by atoms with Crippen molar-refractivity contribution in [2.45, 2.75) is 19.8 Å². The van der Waals surface area contributed by atoms with E-state index in [2.05, 4.69) is 65.3 Å². The van der Waals surface area contributed by atoms with E-state index in [1.54, 1.807) is 7.11 Å². The van der Waals surface area contributed by atoms with Crippen LogP contribution in [0.5, 0.6) is 5.75 Å². The van der Waals surface area contributed by atoms with Gasteiger partial charge in [0.25, 0.3) is 0 Å². The molecule has 3 heteroatoms. The first-order valence-electron chi connectivity index (χ1n) is 7.04. The highest BCUT2D eigenvalue weighted by Gasteiger charge is 2.10. The Morgan fingerprint density at radius 1 is 1.10 bits per heavy atom. The zero-order chi connectivity index (χ0) is 14.8. The number of halogens is 1. The first-order valence-corrected chi connectivity index (χ1v) is 8.65. The van der Waals surface area contributed by atoms with Crippen LogP contribution in [0.3, 0.4) is 0 Å². The molecule has 1 nitrogen and oxygen atoms in total. The Balaban J connectivity index is 1.98. The van der Waals surface area contributed by atoms with Gasteiger partial charge in [0, 0.05) is 16.0 Å². The van der Waals surface area contributed by atoms with Crippen molar-refractivity contribution in [3.8, 4) is 5.75 Å². The molecule has 0 saturated carbocycles. The predicted molar refractivity (Wildman–Crippen MR) is 94.7 cm³/mol. The van der Waals surface area contributed by atoms with Crippen LogP contribution in [0.4, 0.5) is 0 Å². The van der Waals surface area contributed by atoms with E-state index in [0.717, 1.165) is 23.1 Å². The van der Waals surface area contributed by atoms with Gasteiger partial charge in [-0.15, -0.1) is 11.3 Å². The Labute approximate surface area is 137 Å². The third-order valence-electron chi connectivity index (χ3n) is 3.70. The number of benzene rings is 2. The van der Waals surface area contributed by atoms with E-state index >= 15 is 0 Å². The van der Waals surface area contributed by atoms with Gasteiger partial charge in [0.2, 0.25) is 0 Å². The number of rotatable bonds is 4. The van der Waals surface area contributed by atoms with Gasteiger partial charge in [-0.25, -0.2) is 0 Å². The van der Waals surface area contributed by atoms with Crippen molar-refractivity contribution in [1.82, 2.24) is 0 Å². The average Bonchev–Trinajstić information content (AvgIpc) is 2.89. The molecule has 0 aliphatic rings. The molecule has 0 amide bonds. The van der Waals surface area contributed by atoms with Crippen LogP contribution in [0.25, 0.3) is 10.1 Å². The molecular weight excluding hydrogens is 344 g/mol. The molecule has 21 heavy (non-hydrogen) atoms. The fraction of sp³-hybridized carbons (Fsp3) is 0.222. The van der Waals surface area contributed by atoms with Gasteiger partial charge in [0.15, 0.2) is 0 Å². The molecule has 2 aromatic carbocycles. The molecule has 0 atom stereocenters. The third kappa shape index (κ3) is 2.99. The second kappa shape index (κ2) is 6.20. The minimum absolute atomic E-state index is 0.909. The fourth-order valence-corrected chi connectivity index (χ4v) is 4.24. The second-order valence-electron chi connectivity index (χ2n) is 5.04. The van der Waals surface area contributed by atoms with E-state index in [-0.39, 0.29) is 0 Å². The fourth-order valence-electron chi connectivity index (χ4n) is 2.60. The summed E-state index contributed by atoms with van der Waals surface area (Å²) in [7, 11) is 1.71. The molecule has 0 bridgehead atoms. The number of aryl methyl sites for hydroxylation is 1. The largest absolute Gasteiger partial charge is 0.496 e. The van der Waals surface area contributed by atoms with Crippen molar-refractivity contribution in [3.63, 3.8) is 0 Å². The minimum atomic E-state index is 0.909. The summed E-state index contributed by atoms with van der Waals surface area (Å²) in [5.74, 6) is 0.909. The number of hydrogen-bond acceptors (Lipinski definition) is 2. The van der Waals surface area contributed by atoms with E-state index in [1.165, 1.54) is 26.1 Å². The Morgan fingerprint density at radius 2 is 1.90 bits per heavy atom. The topological polar surface area (TPSA) is 9.23 Å². The zero-order valence-corrected chi connectivity index (χ0v) is 14.6. The van der Waals surface area contributed by atoms with E-state index in [9.17, 15) is 0 Å². The van der Waals surface area contributed by atoms with E-state index in [1.807, 2.05) is 11.3 Å². The zero-order valence-electron chi connectivity index (χ0n) is 12.2. The van der Waals surface area contributed by atoms with Crippen LogP contribution in [0.2, 0.25) is 0 Å². The molecule has 0 unspecified atom stereocenters. The van der Waals surface area contributed by atoms with Crippen molar-refractivity contribution >= 4 is 37.4 Å². The molecule has 1 heterocycles. The molecule has 3 rings (SSSR count). The first-order chi connectivity index (χ1) is 10.2. The maximum Gasteiger partial charge on any atom is 0.133 e. The average molecular weight is 361 g/mol. The van der Waals surface area contributed by atoms with Gasteiger partial charge in [-0.2, -0.15) is 0 Å². The standard InChI is InChI=1S/C18H17BrOS/c1-3-12-11-17(20-2)16(19)10-14(12)9-15-8-13-6-4-5-7-18(13)21-15/h4-8,10-11H,3,9H2,1-2H3. The van der Waals surface area contributed by atoms with Crippen molar-refractivity contribution in [1.29, 1.82) is 0 Å². The second-order valence-corrected chi connectivity index (χ2v) is 7.06. The predicted octanol–water partition coefficient (Wildman–Crippen LogP) is 5.83. The van der Waals surface area contributed by atoms with Crippen LogP contribution < -0.4 is 4.74 Å². The van der Waals surface area contributed by atoms with Crippen molar-refractivity contribution in [3.05, 3.63) is 62.9 Å². The monoisotopic (exact) mass is 360 g/mol. The SMILES string of the molecule is CCc1cc(OC)c(Br)cc1Cc1cc2ccccc2s1. The van der Waals surface area contributed by atoms with Crippen LogP contribution in [0.15, 0.2) is 46.9 Å². The normalized spacial score (nSPS) is 11.0. The Kier molecular flexibility index (Phi) is 4.32. The number of fused-ring (bicyclic) bond motifs is 1. The van der Waals surface area contributed by atoms with Gasteiger partial charge in [0.05, 0.1) is 11.6 Å². The summed E-state index contributed by atoms with van der Waals surface area (Å²) in [6, 6.07) is 15.2. The molecule has 0 aliphatic carbocycles. The number of hydrogen-bond donors (Lipinski definition) is 0. The maximum atomic E-state index is 5.40. The lowest BCUT2D eigenvalue weighted by atomic mass is 10.0. The van der Waals surface area contributed by atoms with Gasteiger partial charge in [0.1, 0.15) is 5.75 Å². The summed E-state index contributed by atoms with van der Waals surface area (Å²) < 4.78 is 7.78. The lowest BCUT2D eigenvalue weighted by Crippen LogP contribution is -1.96. The van der Waals surface area contributed by atoms with Crippen LogP contribution in [0.1, 0.15) is 22.9 Å². The summed E-state index contributed by atoms with van der Waals surface area (Å²) in [6.07, 6.45) is 2.00. The molecule has 108 valence electrons. The van der Waals surface area contributed by atoms with Crippen molar-refractivity contribution in [2.75, 3.05) is 7.11 Å². The molecule has 0 saturated heterocycles. The highest BCUT2D eigenvalue weighted by atomic mass is 79.9. The van der Waals surface area contributed by atoms with Crippen LogP contribution in [-0.4, -0.2) is 7.11 Å². The quantitative estimate of drug-likeness (QED) is 0.568. The van der Waals surface area contributed by atoms with Crippen LogP contribution >= 0.6 is 27.3 Å². The molecule has 1 aromatic heterocycles. The maximum absolute atomic E-state index is 5.40. The number of ether oxygens (including phenoxy) is 1. The summed E-state index contributed by atoms with van der Waals surface area (Å²) in [4.78, 5) is 1.41. The summed E-state index contributed by atoms with van der Waals surface area (Å²) in [5.41, 5.74) is 2.73. The highest BCUT2D eigenvalue weighted by Crippen LogP contribution is 2.32. The lowest BCUT2D eigenvalue weighted by Gasteiger charge is -2.11. The van der Waals surface area contributed by atoms with Crippen molar-refractivity contribution in [2.24, 2.45) is 0 Å². The number of methoxy groups -OCH3 is 1. The molecule has 0 N–H and O–H groups in total. The summed E-state index contributed by atoms with van der Waals surface area (Å²) >= 11 is 5.48. The van der Waals surface area contributed by atoms with Crippen molar-refractivity contribution < 1.29 is 4.74 Å².